The predicted octanol–water partition coefficient (Wildman–Crippen LogP) is 5.59. The number of carbonyl (C=O) groups is 1. The Kier molecular flexibility index (Phi) is 7.08. The van der Waals surface area contributed by atoms with Crippen LogP contribution in [0.25, 0.3) is 6.08 Å². The number of nitrogens with zero attached hydrogens (tertiary/aromatic N) is 2. The summed E-state index contributed by atoms with van der Waals surface area (Å²) in [6.07, 6.45) is 12.0. The van der Waals surface area contributed by atoms with E-state index in [-0.39, 0.29) is 18.1 Å². The molecule has 164 valence electrons. The molecule has 0 bridgehead atoms. The van der Waals surface area contributed by atoms with E-state index in [1.54, 1.807) is 18.7 Å². The van der Waals surface area contributed by atoms with E-state index in [1.807, 2.05) is 24.4 Å². The van der Waals surface area contributed by atoms with Crippen molar-refractivity contribution in [2.24, 2.45) is 0 Å². The fourth-order valence-corrected chi connectivity index (χ4v) is 4.99. The van der Waals surface area contributed by atoms with Gasteiger partial charge in [-0.2, -0.15) is 11.8 Å². The van der Waals surface area contributed by atoms with Gasteiger partial charge in [-0.1, -0.05) is 29.8 Å². The molecule has 1 aromatic carbocycles. The number of anilines is 2. The SMILES string of the molecule is CSCc1cc(N2CC=Cc3ccc(Cl)c(O[C@H]4CC[C@@H](NC(C)=O)CC4)c32)ccn1. The summed E-state index contributed by atoms with van der Waals surface area (Å²) in [6.45, 7) is 2.33. The predicted molar refractivity (Wildman–Crippen MR) is 129 cm³/mol. The maximum atomic E-state index is 11.3. The third-order valence-electron chi connectivity index (χ3n) is 5.74. The first-order valence-corrected chi connectivity index (χ1v) is 12.5. The number of hydrogen-bond donors (Lipinski definition) is 1. The zero-order valence-corrected chi connectivity index (χ0v) is 19.5. The molecule has 1 aliphatic carbocycles. The summed E-state index contributed by atoms with van der Waals surface area (Å²) < 4.78 is 6.53. The van der Waals surface area contributed by atoms with Crippen LogP contribution in [0.4, 0.5) is 11.4 Å². The maximum absolute atomic E-state index is 11.3. The first kappa shape index (κ1) is 22.0. The lowest BCUT2D eigenvalue weighted by Crippen LogP contribution is -2.38. The molecule has 1 aliphatic heterocycles. The van der Waals surface area contributed by atoms with Crippen molar-refractivity contribution in [3.05, 3.63) is 52.8 Å². The van der Waals surface area contributed by atoms with Gasteiger partial charge in [0, 0.05) is 42.7 Å². The van der Waals surface area contributed by atoms with Crippen molar-refractivity contribution >= 4 is 46.7 Å². The van der Waals surface area contributed by atoms with E-state index in [1.165, 1.54) is 0 Å². The van der Waals surface area contributed by atoms with Crippen molar-refractivity contribution in [1.29, 1.82) is 0 Å². The largest absolute Gasteiger partial charge is 0.487 e. The lowest BCUT2D eigenvalue weighted by atomic mass is 9.93. The van der Waals surface area contributed by atoms with Gasteiger partial charge in [-0.25, -0.2) is 0 Å². The van der Waals surface area contributed by atoms with Gasteiger partial charge in [0.2, 0.25) is 5.91 Å². The molecule has 1 N–H and O–H groups in total. The maximum Gasteiger partial charge on any atom is 0.217 e. The molecule has 1 fully saturated rings. The Hall–Kier alpha value is -2.18. The first-order valence-electron chi connectivity index (χ1n) is 10.7. The second-order valence-electron chi connectivity index (χ2n) is 8.06. The Labute approximate surface area is 193 Å². The number of rotatable bonds is 6. The molecule has 31 heavy (non-hydrogen) atoms. The molecule has 2 aliphatic rings. The van der Waals surface area contributed by atoms with Crippen LogP contribution in [0.1, 0.15) is 43.9 Å². The number of benzene rings is 1. The molecule has 2 aromatic rings. The summed E-state index contributed by atoms with van der Waals surface area (Å²) in [7, 11) is 0. The molecular weight excluding hydrogens is 430 g/mol. The molecule has 0 unspecified atom stereocenters. The second-order valence-corrected chi connectivity index (χ2v) is 9.33. The number of pyridine rings is 1. The standard InChI is InChI=1S/C24H28ClN3O2S/c1-16(29)27-18-6-8-21(9-7-18)30-24-22(25)10-5-17-4-3-13-28(23(17)24)20-11-12-26-19(14-20)15-31-2/h3-5,10-12,14,18,21H,6-9,13,15H2,1-2H3,(H,27,29)/t18-,21+. The van der Waals surface area contributed by atoms with E-state index in [0.29, 0.717) is 5.02 Å². The summed E-state index contributed by atoms with van der Waals surface area (Å²) in [5, 5.41) is 3.65. The molecule has 7 heteroatoms. The van der Waals surface area contributed by atoms with Crippen molar-refractivity contribution in [3.8, 4) is 5.75 Å². The minimum atomic E-state index is 0.0326. The average Bonchev–Trinajstić information content (AvgIpc) is 2.76. The number of aromatic nitrogens is 1. The van der Waals surface area contributed by atoms with Crippen LogP contribution in [0, 0.1) is 0 Å². The van der Waals surface area contributed by atoms with Crippen molar-refractivity contribution in [3.63, 3.8) is 0 Å². The van der Waals surface area contributed by atoms with Crippen LogP contribution in [0.5, 0.6) is 5.75 Å². The van der Waals surface area contributed by atoms with Crippen LogP contribution in [0.2, 0.25) is 5.02 Å². The minimum absolute atomic E-state index is 0.0326. The highest BCUT2D eigenvalue weighted by Crippen LogP contribution is 2.45. The molecule has 0 atom stereocenters. The topological polar surface area (TPSA) is 54.5 Å². The van der Waals surface area contributed by atoms with E-state index in [9.17, 15) is 4.79 Å². The Morgan fingerprint density at radius 2 is 2.10 bits per heavy atom. The average molecular weight is 458 g/mol. The summed E-state index contributed by atoms with van der Waals surface area (Å²) >= 11 is 8.42. The highest BCUT2D eigenvalue weighted by atomic mass is 35.5. The number of amides is 1. The lowest BCUT2D eigenvalue weighted by Gasteiger charge is -2.34. The number of fused-ring (bicyclic) bond motifs is 1. The summed E-state index contributed by atoms with van der Waals surface area (Å²) in [5.74, 6) is 1.65. The number of halogens is 1. The highest BCUT2D eigenvalue weighted by Gasteiger charge is 2.27. The van der Waals surface area contributed by atoms with E-state index in [2.05, 4.69) is 39.7 Å². The monoisotopic (exact) mass is 457 g/mol. The van der Waals surface area contributed by atoms with E-state index < -0.39 is 0 Å². The third-order valence-corrected chi connectivity index (χ3v) is 6.62. The van der Waals surface area contributed by atoms with Gasteiger partial charge in [-0.15, -0.1) is 0 Å². The molecule has 4 rings (SSSR count). The van der Waals surface area contributed by atoms with Crippen LogP contribution in [-0.2, 0) is 10.5 Å². The molecular formula is C24H28ClN3O2S. The first-order chi connectivity index (χ1) is 15.0. The van der Waals surface area contributed by atoms with Crippen molar-refractivity contribution in [2.45, 2.75) is 50.5 Å². The van der Waals surface area contributed by atoms with Crippen LogP contribution in [0.15, 0.2) is 36.5 Å². The number of hydrogen-bond acceptors (Lipinski definition) is 5. The fourth-order valence-electron chi connectivity index (χ4n) is 4.34. The molecule has 0 radical (unpaired) electrons. The van der Waals surface area contributed by atoms with Gasteiger partial charge in [0.1, 0.15) is 0 Å². The quantitative estimate of drug-likeness (QED) is 0.612. The minimum Gasteiger partial charge on any atom is -0.487 e. The zero-order valence-electron chi connectivity index (χ0n) is 17.9. The summed E-state index contributed by atoms with van der Waals surface area (Å²) in [4.78, 5) is 18.1. The van der Waals surface area contributed by atoms with E-state index in [4.69, 9.17) is 16.3 Å². The number of nitrogens with one attached hydrogen (secondary N) is 1. The molecule has 1 amide bonds. The van der Waals surface area contributed by atoms with Gasteiger partial charge in [0.25, 0.3) is 0 Å². The highest BCUT2D eigenvalue weighted by molar-refractivity contribution is 7.97. The smallest absolute Gasteiger partial charge is 0.217 e. The Morgan fingerprint density at radius 1 is 1.29 bits per heavy atom. The van der Waals surface area contributed by atoms with Crippen molar-refractivity contribution < 1.29 is 9.53 Å². The molecule has 5 nitrogen and oxygen atoms in total. The van der Waals surface area contributed by atoms with Gasteiger partial charge >= 0.3 is 0 Å². The van der Waals surface area contributed by atoms with Gasteiger partial charge in [0.15, 0.2) is 5.75 Å². The van der Waals surface area contributed by atoms with Crippen LogP contribution in [-0.4, -0.2) is 35.8 Å². The Balaban J connectivity index is 1.60. The summed E-state index contributed by atoms with van der Waals surface area (Å²) in [5.41, 5.74) is 4.26. The van der Waals surface area contributed by atoms with Gasteiger partial charge in [-0.05, 0) is 50.1 Å². The zero-order chi connectivity index (χ0) is 21.8. The molecule has 1 aromatic heterocycles. The number of carbonyl (C=O) groups excluding carboxylic acids is 1. The number of ether oxygens (including phenoxy) is 1. The molecule has 2 heterocycles. The molecule has 0 saturated heterocycles. The second kappa shape index (κ2) is 9.96. The van der Waals surface area contributed by atoms with Gasteiger partial charge < -0.3 is 15.0 Å². The van der Waals surface area contributed by atoms with E-state index >= 15 is 0 Å². The van der Waals surface area contributed by atoms with Crippen LogP contribution >= 0.6 is 23.4 Å². The van der Waals surface area contributed by atoms with Crippen molar-refractivity contribution in [2.75, 3.05) is 17.7 Å². The van der Waals surface area contributed by atoms with Gasteiger partial charge in [-0.3, -0.25) is 9.78 Å². The molecule has 1 saturated carbocycles. The molecule has 0 spiro atoms. The normalized spacial score (nSPS) is 20.3. The summed E-state index contributed by atoms with van der Waals surface area (Å²) in [6, 6.07) is 8.38. The van der Waals surface area contributed by atoms with Gasteiger partial charge in [0.05, 0.1) is 22.5 Å². The number of thioether (sulfide) groups is 1. The van der Waals surface area contributed by atoms with E-state index in [0.717, 1.165) is 66.4 Å². The Bertz CT molecular complexity index is 973. The fraction of sp³-hybridized carbons (Fsp3) is 0.417. The third kappa shape index (κ3) is 5.18. The van der Waals surface area contributed by atoms with Crippen LogP contribution in [0.3, 0.4) is 0 Å². The Morgan fingerprint density at radius 3 is 2.84 bits per heavy atom. The van der Waals surface area contributed by atoms with Crippen molar-refractivity contribution in [1.82, 2.24) is 10.3 Å². The lowest BCUT2D eigenvalue weighted by molar-refractivity contribution is -0.120. The van der Waals surface area contributed by atoms with Crippen LogP contribution < -0.4 is 15.0 Å².